The number of anilines is 1. The van der Waals surface area contributed by atoms with Gasteiger partial charge in [0.15, 0.2) is 11.0 Å². The first-order valence-corrected chi connectivity index (χ1v) is 13.6. The smallest absolute Gasteiger partial charge is 0.341 e. The minimum Gasteiger partial charge on any atom is -0.484 e. The lowest BCUT2D eigenvalue weighted by Crippen LogP contribution is -2.16. The van der Waals surface area contributed by atoms with Crippen LogP contribution in [0.25, 0.3) is 0 Å². The summed E-state index contributed by atoms with van der Waals surface area (Å²) in [6.45, 7) is 0.198. The van der Waals surface area contributed by atoms with Crippen LogP contribution >= 0.6 is 34.7 Å². The van der Waals surface area contributed by atoms with Crippen LogP contribution in [-0.4, -0.2) is 39.5 Å². The monoisotopic (exact) mass is 534 g/mol. The number of hydrogen-bond donors (Lipinski definition) is 1. The number of amides is 1. The van der Waals surface area contributed by atoms with Gasteiger partial charge in [0, 0.05) is 11.9 Å². The molecular formula is C24H27ClN4O4S2. The fourth-order valence-corrected chi connectivity index (χ4v) is 6.13. The third-order valence-corrected chi connectivity index (χ3v) is 8.30. The van der Waals surface area contributed by atoms with E-state index >= 15 is 0 Å². The second-order valence-electron chi connectivity index (χ2n) is 8.13. The SMILES string of the molecule is COC(=O)c1c(NC(=O)CSc2nnc(COc3ccccc3Cl)n2C)sc2c1CCCCCC2. The predicted octanol–water partition coefficient (Wildman–Crippen LogP) is 5.29. The lowest BCUT2D eigenvalue weighted by Gasteiger charge is -2.11. The van der Waals surface area contributed by atoms with Crippen molar-refractivity contribution in [3.05, 3.63) is 51.1 Å². The highest BCUT2D eigenvalue weighted by Crippen LogP contribution is 2.37. The summed E-state index contributed by atoms with van der Waals surface area (Å²) in [6, 6.07) is 7.22. The molecule has 0 saturated heterocycles. The molecule has 1 aliphatic rings. The normalized spacial score (nSPS) is 13.5. The minimum atomic E-state index is -0.400. The number of aryl methyl sites for hydroxylation is 1. The number of esters is 1. The van der Waals surface area contributed by atoms with Crippen LogP contribution in [-0.2, 0) is 36.0 Å². The van der Waals surface area contributed by atoms with Crippen LogP contribution in [0.5, 0.6) is 5.75 Å². The fraction of sp³-hybridized carbons (Fsp3) is 0.417. The lowest BCUT2D eigenvalue weighted by molar-refractivity contribution is -0.113. The number of aromatic nitrogens is 3. The van der Waals surface area contributed by atoms with E-state index in [0.717, 1.165) is 37.7 Å². The highest BCUT2D eigenvalue weighted by molar-refractivity contribution is 7.99. The van der Waals surface area contributed by atoms with Gasteiger partial charge in [-0.25, -0.2) is 4.79 Å². The second kappa shape index (κ2) is 11.9. The largest absolute Gasteiger partial charge is 0.484 e. The van der Waals surface area contributed by atoms with Crippen molar-refractivity contribution in [3.63, 3.8) is 0 Å². The fourth-order valence-electron chi connectivity index (χ4n) is 3.92. The first-order valence-electron chi connectivity index (χ1n) is 11.4. The van der Waals surface area contributed by atoms with Crippen LogP contribution in [0.15, 0.2) is 29.4 Å². The van der Waals surface area contributed by atoms with Crippen molar-refractivity contribution in [1.29, 1.82) is 0 Å². The van der Waals surface area contributed by atoms with Crippen LogP contribution in [0.3, 0.4) is 0 Å². The van der Waals surface area contributed by atoms with Gasteiger partial charge in [-0.05, 0) is 43.4 Å². The number of hydrogen-bond acceptors (Lipinski definition) is 8. The third kappa shape index (κ3) is 6.17. The molecule has 0 spiro atoms. The number of nitrogens with zero attached hydrogens (tertiary/aromatic N) is 3. The molecule has 1 N–H and O–H groups in total. The maximum Gasteiger partial charge on any atom is 0.341 e. The number of benzene rings is 1. The lowest BCUT2D eigenvalue weighted by atomic mass is 9.96. The number of nitrogens with one attached hydrogen (secondary N) is 1. The summed E-state index contributed by atoms with van der Waals surface area (Å²) >= 11 is 8.89. The topological polar surface area (TPSA) is 95.3 Å². The molecule has 1 aliphatic carbocycles. The molecule has 0 unspecified atom stereocenters. The van der Waals surface area contributed by atoms with Crippen LogP contribution < -0.4 is 10.1 Å². The molecule has 2 heterocycles. The second-order valence-corrected chi connectivity index (χ2v) is 10.6. The maximum absolute atomic E-state index is 12.8. The number of methoxy groups -OCH3 is 1. The van der Waals surface area contributed by atoms with E-state index in [1.54, 1.807) is 16.7 Å². The first-order chi connectivity index (χ1) is 17.0. The van der Waals surface area contributed by atoms with Gasteiger partial charge in [-0.1, -0.05) is 48.3 Å². The number of thiophene rings is 1. The average Bonchev–Trinajstić information content (AvgIpc) is 3.35. The van der Waals surface area contributed by atoms with Gasteiger partial charge >= 0.3 is 5.97 Å². The number of thioether (sulfide) groups is 1. The Morgan fingerprint density at radius 3 is 2.71 bits per heavy atom. The molecule has 0 radical (unpaired) electrons. The van der Waals surface area contributed by atoms with Crippen molar-refractivity contribution in [1.82, 2.24) is 14.8 Å². The zero-order valence-corrected chi connectivity index (χ0v) is 22.0. The van der Waals surface area contributed by atoms with Gasteiger partial charge in [0.1, 0.15) is 17.4 Å². The molecule has 0 aliphatic heterocycles. The number of carbonyl (C=O) groups is 2. The number of rotatable bonds is 8. The summed E-state index contributed by atoms with van der Waals surface area (Å²) in [7, 11) is 3.19. The van der Waals surface area contributed by atoms with E-state index < -0.39 is 5.97 Å². The van der Waals surface area contributed by atoms with E-state index in [9.17, 15) is 9.59 Å². The van der Waals surface area contributed by atoms with E-state index in [4.69, 9.17) is 21.1 Å². The first kappa shape index (κ1) is 25.5. The number of ether oxygens (including phenoxy) is 2. The van der Waals surface area contributed by atoms with Crippen LogP contribution in [0, 0.1) is 0 Å². The standard InChI is InChI=1S/C24H27ClN4O4S2/c1-29-19(13-33-17-11-8-7-10-16(17)25)27-28-24(29)34-14-20(30)26-22-21(23(31)32-2)15-9-5-3-4-6-12-18(15)35-22/h7-8,10-11H,3-6,9,12-14H2,1-2H3,(H,26,30). The Hall–Kier alpha value is -2.56. The van der Waals surface area contributed by atoms with E-state index in [0.29, 0.717) is 32.3 Å². The Balaban J connectivity index is 1.39. The van der Waals surface area contributed by atoms with E-state index in [1.807, 2.05) is 19.2 Å². The predicted molar refractivity (Wildman–Crippen MR) is 138 cm³/mol. The molecule has 4 rings (SSSR count). The summed E-state index contributed by atoms with van der Waals surface area (Å²) in [5, 5.41) is 13.0. The van der Waals surface area contributed by atoms with Gasteiger partial charge in [-0.2, -0.15) is 0 Å². The molecule has 11 heteroatoms. The highest BCUT2D eigenvalue weighted by Gasteiger charge is 2.26. The Morgan fingerprint density at radius 1 is 1.17 bits per heavy atom. The molecule has 2 aromatic heterocycles. The Labute approximate surface area is 217 Å². The van der Waals surface area contributed by atoms with Crippen molar-refractivity contribution < 1.29 is 19.1 Å². The summed E-state index contributed by atoms with van der Waals surface area (Å²) in [5.41, 5.74) is 1.53. The van der Waals surface area contributed by atoms with Gasteiger partial charge in [0.05, 0.1) is 23.4 Å². The molecule has 186 valence electrons. The Morgan fingerprint density at radius 2 is 1.94 bits per heavy atom. The van der Waals surface area contributed by atoms with Crippen LogP contribution in [0.2, 0.25) is 5.02 Å². The van der Waals surface area contributed by atoms with Crippen molar-refractivity contribution in [2.75, 3.05) is 18.2 Å². The zero-order valence-electron chi connectivity index (χ0n) is 19.6. The molecule has 35 heavy (non-hydrogen) atoms. The van der Waals surface area contributed by atoms with Crippen molar-refractivity contribution in [2.45, 2.75) is 50.3 Å². The molecule has 1 amide bonds. The number of fused-ring (bicyclic) bond motifs is 1. The quantitative estimate of drug-likeness (QED) is 0.310. The molecule has 0 bridgehead atoms. The number of para-hydroxylation sites is 1. The van der Waals surface area contributed by atoms with E-state index in [2.05, 4.69) is 15.5 Å². The Bertz CT molecular complexity index is 1210. The molecular weight excluding hydrogens is 508 g/mol. The molecule has 0 fully saturated rings. The van der Waals surface area contributed by atoms with Crippen molar-refractivity contribution in [2.24, 2.45) is 7.05 Å². The number of carbonyl (C=O) groups excluding carboxylic acids is 2. The van der Waals surface area contributed by atoms with Crippen molar-refractivity contribution in [3.8, 4) is 5.75 Å². The summed E-state index contributed by atoms with van der Waals surface area (Å²) in [5.74, 6) is 0.686. The zero-order chi connectivity index (χ0) is 24.8. The van der Waals surface area contributed by atoms with E-state index in [-0.39, 0.29) is 18.3 Å². The van der Waals surface area contributed by atoms with Gasteiger partial charge < -0.3 is 19.4 Å². The summed E-state index contributed by atoms with van der Waals surface area (Å²) in [4.78, 5) is 26.5. The van der Waals surface area contributed by atoms with Crippen molar-refractivity contribution >= 4 is 51.6 Å². The Kier molecular flexibility index (Phi) is 8.69. The molecule has 0 atom stereocenters. The molecule has 8 nitrogen and oxygen atoms in total. The highest BCUT2D eigenvalue weighted by atomic mass is 35.5. The van der Waals surface area contributed by atoms with Gasteiger partial charge in [0.2, 0.25) is 5.91 Å². The van der Waals surface area contributed by atoms with Crippen LogP contribution in [0.1, 0.15) is 52.3 Å². The molecule has 0 saturated carbocycles. The summed E-state index contributed by atoms with van der Waals surface area (Å²) in [6.07, 6.45) is 6.22. The molecule has 1 aromatic carbocycles. The van der Waals surface area contributed by atoms with Crippen LogP contribution in [0.4, 0.5) is 5.00 Å². The number of halogens is 1. The molecule has 3 aromatic rings. The van der Waals surface area contributed by atoms with Gasteiger partial charge in [0.25, 0.3) is 0 Å². The van der Waals surface area contributed by atoms with Gasteiger partial charge in [-0.15, -0.1) is 21.5 Å². The third-order valence-electron chi connectivity index (χ3n) is 5.76. The van der Waals surface area contributed by atoms with E-state index in [1.165, 1.54) is 41.5 Å². The summed E-state index contributed by atoms with van der Waals surface area (Å²) < 4.78 is 12.6. The maximum atomic E-state index is 12.8. The minimum absolute atomic E-state index is 0.126. The average molecular weight is 535 g/mol. The van der Waals surface area contributed by atoms with Gasteiger partial charge in [-0.3, -0.25) is 4.79 Å².